The number of aryl methyl sites for hydroxylation is 9. The number of anilines is 12. The third-order valence-electron chi connectivity index (χ3n) is 28.0. The number of nitrogens with two attached hydrogens (primary N) is 1. The summed E-state index contributed by atoms with van der Waals surface area (Å²) in [6, 6.07) is 22.8. The zero-order valence-corrected chi connectivity index (χ0v) is 86.8. The highest BCUT2D eigenvalue weighted by atomic mass is 35.5. The number of rotatable bonds is 33. The van der Waals surface area contributed by atoms with Gasteiger partial charge < -0.3 is 72.2 Å². The van der Waals surface area contributed by atoms with Crippen LogP contribution in [0.3, 0.4) is 0 Å². The molecule has 776 valence electrons. The Morgan fingerprint density at radius 3 is 1.18 bits per heavy atom. The first-order valence-corrected chi connectivity index (χ1v) is 51.6. The van der Waals surface area contributed by atoms with Gasteiger partial charge >= 0.3 is 0 Å². The van der Waals surface area contributed by atoms with Crippen molar-refractivity contribution >= 4 is 134 Å². The van der Waals surface area contributed by atoms with Gasteiger partial charge in [-0.1, -0.05) is 64.6 Å². The lowest BCUT2D eigenvalue weighted by atomic mass is 9.85. The fraction of sp³-hybridized carbons (Fsp3) is 0.471. The van der Waals surface area contributed by atoms with Crippen LogP contribution >= 0.6 is 46.4 Å². The third-order valence-corrected chi connectivity index (χ3v) is 29.1. The number of primary amides is 1. The van der Waals surface area contributed by atoms with Crippen LogP contribution in [0.25, 0.3) is 0 Å². The van der Waals surface area contributed by atoms with Crippen molar-refractivity contribution in [3.63, 3.8) is 0 Å². The molecule has 13 heterocycles. The lowest BCUT2D eigenvalue weighted by molar-refractivity contribution is -0.135. The van der Waals surface area contributed by atoms with Gasteiger partial charge in [-0.25, -0.2) is 51.9 Å². The number of hydrogen-bond donors (Lipinski definition) is 12. The Kier molecular flexibility index (Phi) is 35.9. The van der Waals surface area contributed by atoms with Crippen LogP contribution in [0.5, 0.6) is 0 Å². The highest BCUT2D eigenvalue weighted by Gasteiger charge is 2.57. The molecule has 5 aliphatic heterocycles. The molecule has 2 saturated carbocycles. The van der Waals surface area contributed by atoms with E-state index >= 15 is 13.2 Å². The number of morpholine rings is 1. The Hall–Kier alpha value is -12.1. The van der Waals surface area contributed by atoms with Gasteiger partial charge in [-0.3, -0.25) is 34.8 Å². The van der Waals surface area contributed by atoms with Crippen LogP contribution in [-0.2, 0) is 32.0 Å². The zero-order chi connectivity index (χ0) is 103. The maximum atomic E-state index is 15.3. The number of ether oxygens (including phenoxy) is 1. The molecule has 12 aromatic rings. The molecule has 2 aliphatic carbocycles. The number of piperidine rings is 4. The number of amides is 3. The van der Waals surface area contributed by atoms with E-state index in [2.05, 4.69) is 170 Å². The lowest BCUT2D eigenvalue weighted by Crippen LogP contribution is -2.41. The number of aromatic amines is 4. The van der Waals surface area contributed by atoms with Crippen LogP contribution in [0, 0.1) is 85.7 Å². The summed E-state index contributed by atoms with van der Waals surface area (Å²) in [5.41, 5.74) is 21.2. The molecular formula is C104H128Cl4F5N29O4. The second-order valence-corrected chi connectivity index (χ2v) is 41.0. The first kappa shape index (κ1) is 107. The van der Waals surface area contributed by atoms with Crippen molar-refractivity contribution in [2.24, 2.45) is 11.7 Å². The van der Waals surface area contributed by atoms with Crippen LogP contribution in [-0.4, -0.2) is 240 Å². The maximum absolute atomic E-state index is 15.3. The van der Waals surface area contributed by atoms with Crippen molar-refractivity contribution in [2.45, 2.75) is 207 Å². The SMILES string of the molecule is Cc1cc(Nc2nc(Cc3cc(C)c(C4CCN(CCC(=O)NC5CC5)CC4)cc3F)ncc2Cl)n[nH]1.Cc1cc(Nc2nc(Cc3cc(C)c(C4CCN(CCCC(=O)N5CCOCC5)CC4)cc3F)ncc2Cl)n[nH]1.Cc1cc(Nc2nc(Nc3cc(C)c(C4CCN(CC5CC5(F)F)CC4)cc3C)ncc2Cl)n[nH]1.Cc1cc(Nc2nc(Nc3cc(C)c(C4CCN(CCC(N)=O)CC4)cc3F)ncc2Cl)n[nH]1. The van der Waals surface area contributed by atoms with E-state index in [1.54, 1.807) is 30.5 Å². The molecule has 3 amide bonds. The standard InChI is InChI=1S/C29H37ClFN7O2.C27H33ClFN7O.C25H30ClF2N7.C23H28ClFN8O/c1-19-14-22(16-26-32-18-24(30)29(33-26)34-27-15-20(2)35-36-27)25(31)17-23(19)21-5-8-37(9-6-21)7-3-4-28(39)38-10-12-40-13-11-38;1-16-11-19(13-24-30-15-22(28)27(32-24)33-25-12-17(2)34-35-25)23(29)14-21(16)18-5-8-36(9-6-18)10-7-26(37)31-20-3-4-20;1-14-9-21(30-24-29-12-20(26)23(32-24)31-22-10-16(3)33-34-22)15(2)8-19(14)17-4-6-35(7-5-17)13-18-11-25(18,27)28;1-13-9-19(18(25)11-16(13)15-3-6-33(7-4-15)8-5-20(26)34)28-23-27-12-17(24)22(30-23)29-21-10-14(2)31-32-21/h14-15,17-18,21H,3-13,16H2,1-2H3,(H2,32,33,34,35,36);11-12,14-15,18,20H,3-10,13H2,1-2H3,(H,31,37)(H2,30,32,33,34,35);8-10,12,17-18H,4-7,11,13H2,1-3H3,(H3,29,30,31,32,33,34);9-12,15H,3-8H2,1-2H3,(H2,26,34)(H3,27,28,29,30,31,32). The predicted molar refractivity (Wildman–Crippen MR) is 559 cm³/mol. The smallest absolute Gasteiger partial charge is 0.252 e. The average molecular weight is 2090 g/mol. The molecule has 0 spiro atoms. The van der Waals surface area contributed by atoms with E-state index < -0.39 is 11.8 Å². The van der Waals surface area contributed by atoms with Crippen molar-refractivity contribution in [1.82, 2.24) is 110 Å². The number of halogens is 9. The molecule has 19 rings (SSSR count). The Bertz CT molecular complexity index is 6520. The predicted octanol–water partition coefficient (Wildman–Crippen LogP) is 19.8. The summed E-state index contributed by atoms with van der Waals surface area (Å²) in [7, 11) is 0. The molecule has 7 fully saturated rings. The fourth-order valence-corrected chi connectivity index (χ4v) is 20.1. The number of carbonyl (C=O) groups excluding carboxylic acids is 3. The molecule has 4 aromatic carbocycles. The first-order valence-electron chi connectivity index (χ1n) is 50.1. The van der Waals surface area contributed by atoms with Crippen molar-refractivity contribution in [1.29, 1.82) is 0 Å². The van der Waals surface area contributed by atoms with Gasteiger partial charge in [-0.2, -0.15) is 30.4 Å². The molecule has 7 aliphatic rings. The fourth-order valence-electron chi connectivity index (χ4n) is 19.6. The molecule has 1 atom stereocenters. The second kappa shape index (κ2) is 49.1. The number of aromatic nitrogens is 16. The van der Waals surface area contributed by atoms with Gasteiger partial charge in [0.15, 0.2) is 46.5 Å². The summed E-state index contributed by atoms with van der Waals surface area (Å²) < 4.78 is 77.5. The van der Waals surface area contributed by atoms with Gasteiger partial charge in [0.1, 0.15) is 49.2 Å². The van der Waals surface area contributed by atoms with Crippen molar-refractivity contribution < 1.29 is 41.1 Å². The van der Waals surface area contributed by atoms with Gasteiger partial charge in [0.25, 0.3) is 5.92 Å². The number of alkyl halides is 2. The van der Waals surface area contributed by atoms with E-state index in [0.29, 0.717) is 183 Å². The molecule has 13 N–H and O–H groups in total. The summed E-state index contributed by atoms with van der Waals surface area (Å²) >= 11 is 25.0. The normalized spacial score (nSPS) is 17.1. The minimum Gasteiger partial charge on any atom is -0.378 e. The number of H-pyrrole nitrogens is 4. The topological polar surface area (TPSA) is 405 Å². The summed E-state index contributed by atoms with van der Waals surface area (Å²) in [5.74, 6) is 3.44. The number of benzene rings is 4. The monoisotopic (exact) mass is 2080 g/mol. The van der Waals surface area contributed by atoms with Gasteiger partial charge in [-0.05, 0) is 307 Å². The Labute approximate surface area is 866 Å². The van der Waals surface area contributed by atoms with Gasteiger partial charge in [0, 0.05) is 136 Å². The zero-order valence-electron chi connectivity index (χ0n) is 83.8. The molecule has 0 bridgehead atoms. The van der Waals surface area contributed by atoms with E-state index in [1.165, 1.54) is 29.7 Å². The van der Waals surface area contributed by atoms with E-state index in [-0.39, 0.29) is 66.3 Å². The third kappa shape index (κ3) is 29.7. The number of nitrogens with one attached hydrogen (secondary N) is 11. The lowest BCUT2D eigenvalue weighted by Gasteiger charge is -2.33. The molecular weight excluding hydrogens is 1960 g/mol. The molecule has 0 radical (unpaired) electrons. The van der Waals surface area contributed by atoms with E-state index in [4.69, 9.17) is 56.9 Å². The minimum absolute atomic E-state index is 0.0528. The molecule has 1 unspecified atom stereocenters. The van der Waals surface area contributed by atoms with Gasteiger partial charge in [-0.15, -0.1) is 0 Å². The summed E-state index contributed by atoms with van der Waals surface area (Å²) in [6.45, 7) is 30.7. The summed E-state index contributed by atoms with van der Waals surface area (Å²) in [6.07, 6.45) is 18.9. The molecule has 5 saturated heterocycles. The first-order chi connectivity index (χ1) is 70.1. The summed E-state index contributed by atoms with van der Waals surface area (Å²) in [4.78, 5) is 81.6. The van der Waals surface area contributed by atoms with Crippen LogP contribution in [0.1, 0.15) is 216 Å². The maximum Gasteiger partial charge on any atom is 0.252 e. The van der Waals surface area contributed by atoms with Crippen LogP contribution < -0.4 is 43.0 Å². The Morgan fingerprint density at radius 1 is 0.418 bits per heavy atom. The number of hydrogen-bond acceptors (Lipinski definition) is 26. The average Bonchev–Trinajstić information content (AvgIpc) is 1.61. The second-order valence-electron chi connectivity index (χ2n) is 39.4. The number of likely N-dealkylation sites (tertiary alicyclic amines) is 4. The Morgan fingerprint density at radius 2 is 0.781 bits per heavy atom. The molecule has 146 heavy (non-hydrogen) atoms. The highest BCUT2D eigenvalue weighted by molar-refractivity contribution is 6.34. The number of nitrogens with zero attached hydrogens (tertiary/aromatic N) is 17. The van der Waals surface area contributed by atoms with E-state index in [9.17, 15) is 23.2 Å². The van der Waals surface area contributed by atoms with Crippen molar-refractivity contribution in [2.75, 3.05) is 137 Å². The van der Waals surface area contributed by atoms with E-state index in [0.717, 1.165) is 203 Å². The van der Waals surface area contributed by atoms with Gasteiger partial charge in [0.05, 0.1) is 43.7 Å². The van der Waals surface area contributed by atoms with Crippen LogP contribution in [0.15, 0.2) is 97.6 Å². The minimum atomic E-state index is -2.43. The molecule has 33 nitrogen and oxygen atoms in total. The Balaban J connectivity index is 0.000000139. The molecule has 42 heteroatoms. The number of carbonyl (C=O) groups is 3. The van der Waals surface area contributed by atoms with Crippen molar-refractivity contribution in [3.8, 4) is 0 Å². The molecule has 8 aromatic heterocycles. The van der Waals surface area contributed by atoms with Crippen LogP contribution in [0.2, 0.25) is 20.1 Å². The quantitative estimate of drug-likeness (QED) is 0.0170. The van der Waals surface area contributed by atoms with Crippen molar-refractivity contribution in [3.05, 3.63) is 231 Å². The summed E-state index contributed by atoms with van der Waals surface area (Å²) in [5, 5.41) is 51.1. The van der Waals surface area contributed by atoms with Crippen LogP contribution in [0.4, 0.5) is 91.8 Å². The largest absolute Gasteiger partial charge is 0.378 e. The van der Waals surface area contributed by atoms with Gasteiger partial charge in [0.2, 0.25) is 29.6 Å². The highest BCUT2D eigenvalue weighted by Crippen LogP contribution is 2.50. The van der Waals surface area contributed by atoms with E-state index in [1.807, 2.05) is 82.8 Å².